The number of rotatable bonds is 2. The van der Waals surface area contributed by atoms with Crippen LogP contribution < -0.4 is 10.6 Å². The van der Waals surface area contributed by atoms with Crippen molar-refractivity contribution in [3.05, 3.63) is 10.6 Å². The molecule has 0 aromatic carbocycles. The molecule has 1 aromatic rings. The van der Waals surface area contributed by atoms with Gasteiger partial charge in [0, 0.05) is 11.4 Å². The molecule has 98 valence electrons. The van der Waals surface area contributed by atoms with Crippen LogP contribution in [0.3, 0.4) is 0 Å². The summed E-state index contributed by atoms with van der Waals surface area (Å²) >= 11 is 1.66. The van der Waals surface area contributed by atoms with Gasteiger partial charge in [-0.15, -0.1) is 11.3 Å². The third kappa shape index (κ3) is 2.57. The minimum Gasteiger partial charge on any atom is -0.316 e. The van der Waals surface area contributed by atoms with Crippen LogP contribution in [-0.2, 0) is 17.6 Å². The smallest absolute Gasteiger partial charge is 0.230 e. The van der Waals surface area contributed by atoms with Gasteiger partial charge in [-0.1, -0.05) is 0 Å². The van der Waals surface area contributed by atoms with Crippen molar-refractivity contribution in [2.45, 2.75) is 38.5 Å². The number of carbonyl (C=O) groups is 1. The lowest BCUT2D eigenvalue weighted by molar-refractivity contribution is -0.120. The van der Waals surface area contributed by atoms with Gasteiger partial charge >= 0.3 is 0 Å². The normalized spacial score (nSPS) is 23.4. The molecule has 2 heterocycles. The van der Waals surface area contributed by atoms with Crippen LogP contribution in [0.4, 0.5) is 5.13 Å². The van der Waals surface area contributed by atoms with Gasteiger partial charge in [0.15, 0.2) is 5.13 Å². The van der Waals surface area contributed by atoms with Gasteiger partial charge in [0.05, 0.1) is 11.6 Å². The minimum atomic E-state index is 0.111. The molecule has 1 aliphatic carbocycles. The molecule has 1 atom stereocenters. The fraction of sp³-hybridized carbons (Fsp3) is 0.692. The van der Waals surface area contributed by atoms with Crippen LogP contribution in [-0.4, -0.2) is 24.0 Å². The lowest BCUT2D eigenvalue weighted by Gasteiger charge is -2.21. The Bertz CT molecular complexity index is 414. The van der Waals surface area contributed by atoms with Gasteiger partial charge in [-0.05, 0) is 45.1 Å². The summed E-state index contributed by atoms with van der Waals surface area (Å²) in [6.07, 6.45) is 6.78. The Kier molecular flexibility index (Phi) is 3.61. The number of nitrogens with one attached hydrogen (secondary N) is 2. The average molecular weight is 265 g/mol. The highest BCUT2D eigenvalue weighted by Gasteiger charge is 2.23. The van der Waals surface area contributed by atoms with E-state index in [0.29, 0.717) is 0 Å². The zero-order valence-corrected chi connectivity index (χ0v) is 11.3. The summed E-state index contributed by atoms with van der Waals surface area (Å²) in [7, 11) is 0. The monoisotopic (exact) mass is 265 g/mol. The number of amides is 1. The molecule has 1 amide bonds. The fourth-order valence-electron chi connectivity index (χ4n) is 2.69. The molecule has 1 aliphatic heterocycles. The zero-order chi connectivity index (χ0) is 12.4. The van der Waals surface area contributed by atoms with Gasteiger partial charge in [-0.25, -0.2) is 4.98 Å². The molecule has 5 heteroatoms. The quantitative estimate of drug-likeness (QED) is 0.859. The standard InChI is InChI=1S/C13H19N3OS/c17-12(9-4-3-7-14-8-9)16-13-15-10-5-1-2-6-11(10)18-13/h9,14H,1-8H2,(H,15,16,17)/t9-/m0/s1. The molecule has 2 aliphatic rings. The van der Waals surface area contributed by atoms with E-state index in [4.69, 9.17) is 0 Å². The zero-order valence-electron chi connectivity index (χ0n) is 10.5. The van der Waals surface area contributed by atoms with Crippen molar-refractivity contribution in [2.24, 2.45) is 5.92 Å². The first kappa shape index (κ1) is 12.1. The predicted octanol–water partition coefficient (Wildman–Crippen LogP) is 1.96. The van der Waals surface area contributed by atoms with Crippen LogP contribution >= 0.6 is 11.3 Å². The molecule has 0 unspecified atom stereocenters. The van der Waals surface area contributed by atoms with Crippen molar-refractivity contribution < 1.29 is 4.79 Å². The Morgan fingerprint density at radius 2 is 2.22 bits per heavy atom. The molecule has 2 N–H and O–H groups in total. The lowest BCUT2D eigenvalue weighted by atomic mass is 9.99. The van der Waals surface area contributed by atoms with E-state index < -0.39 is 0 Å². The van der Waals surface area contributed by atoms with Crippen LogP contribution in [0, 0.1) is 5.92 Å². The van der Waals surface area contributed by atoms with E-state index in [9.17, 15) is 4.79 Å². The summed E-state index contributed by atoms with van der Waals surface area (Å²) in [5.41, 5.74) is 1.21. The highest BCUT2D eigenvalue weighted by Crippen LogP contribution is 2.29. The van der Waals surface area contributed by atoms with Crippen molar-refractivity contribution in [3.63, 3.8) is 0 Å². The molecular formula is C13H19N3OS. The van der Waals surface area contributed by atoms with Gasteiger partial charge in [-0.3, -0.25) is 4.79 Å². The minimum absolute atomic E-state index is 0.111. The Morgan fingerprint density at radius 1 is 1.33 bits per heavy atom. The first-order valence-corrected chi connectivity index (χ1v) is 7.65. The summed E-state index contributed by atoms with van der Waals surface area (Å²) < 4.78 is 0. The van der Waals surface area contributed by atoms with Gasteiger partial charge in [0.1, 0.15) is 0 Å². The van der Waals surface area contributed by atoms with Crippen molar-refractivity contribution in [1.82, 2.24) is 10.3 Å². The maximum atomic E-state index is 12.1. The van der Waals surface area contributed by atoms with Crippen molar-refractivity contribution in [1.29, 1.82) is 0 Å². The Hall–Kier alpha value is -0.940. The number of anilines is 1. The van der Waals surface area contributed by atoms with Crippen molar-refractivity contribution in [3.8, 4) is 0 Å². The maximum absolute atomic E-state index is 12.1. The van der Waals surface area contributed by atoms with Gasteiger partial charge in [0.25, 0.3) is 0 Å². The second-order valence-corrected chi connectivity index (χ2v) is 6.21. The van der Waals surface area contributed by atoms with Gasteiger partial charge in [0.2, 0.25) is 5.91 Å². The summed E-state index contributed by atoms with van der Waals surface area (Å²) in [5, 5.41) is 7.07. The number of aromatic nitrogens is 1. The molecule has 0 spiro atoms. The molecule has 0 saturated carbocycles. The molecule has 18 heavy (non-hydrogen) atoms. The number of hydrogen-bond donors (Lipinski definition) is 2. The summed E-state index contributed by atoms with van der Waals surface area (Å²) in [6, 6.07) is 0. The summed E-state index contributed by atoms with van der Waals surface area (Å²) in [4.78, 5) is 18.0. The highest BCUT2D eigenvalue weighted by molar-refractivity contribution is 7.15. The van der Waals surface area contributed by atoms with E-state index in [1.54, 1.807) is 11.3 Å². The number of thiazole rings is 1. The van der Waals surface area contributed by atoms with Gasteiger partial charge < -0.3 is 10.6 Å². The first-order chi connectivity index (χ1) is 8.83. The largest absolute Gasteiger partial charge is 0.316 e. The molecular weight excluding hydrogens is 246 g/mol. The van der Waals surface area contributed by atoms with E-state index in [2.05, 4.69) is 15.6 Å². The summed E-state index contributed by atoms with van der Waals surface area (Å²) in [6.45, 7) is 1.84. The molecule has 1 aromatic heterocycles. The highest BCUT2D eigenvalue weighted by atomic mass is 32.1. The predicted molar refractivity (Wildman–Crippen MR) is 73.0 cm³/mol. The molecule has 1 saturated heterocycles. The van der Waals surface area contributed by atoms with E-state index in [1.807, 2.05) is 0 Å². The average Bonchev–Trinajstić information content (AvgIpc) is 2.82. The number of aryl methyl sites for hydroxylation is 2. The van der Waals surface area contributed by atoms with Crippen molar-refractivity contribution >= 4 is 22.4 Å². The third-order valence-electron chi connectivity index (χ3n) is 3.74. The number of fused-ring (bicyclic) bond motifs is 1. The molecule has 3 rings (SSSR count). The Labute approximate surface area is 111 Å². The SMILES string of the molecule is O=C(Nc1nc2c(s1)CCCC2)[C@H]1CCCNC1. The van der Waals surface area contributed by atoms with E-state index in [0.717, 1.165) is 43.9 Å². The molecule has 0 radical (unpaired) electrons. The topological polar surface area (TPSA) is 54.0 Å². The Balaban J connectivity index is 1.64. The fourth-order valence-corrected chi connectivity index (χ4v) is 3.74. The van der Waals surface area contributed by atoms with E-state index in [-0.39, 0.29) is 11.8 Å². The molecule has 0 bridgehead atoms. The number of piperidine rings is 1. The molecule has 4 nitrogen and oxygen atoms in total. The van der Waals surface area contributed by atoms with E-state index in [1.165, 1.54) is 23.4 Å². The third-order valence-corrected chi connectivity index (χ3v) is 4.82. The van der Waals surface area contributed by atoms with Gasteiger partial charge in [-0.2, -0.15) is 0 Å². The van der Waals surface area contributed by atoms with Crippen LogP contribution in [0.25, 0.3) is 0 Å². The van der Waals surface area contributed by atoms with Crippen LogP contribution in [0.15, 0.2) is 0 Å². The number of carbonyl (C=O) groups excluding carboxylic acids is 1. The first-order valence-electron chi connectivity index (χ1n) is 6.83. The summed E-state index contributed by atoms with van der Waals surface area (Å²) in [5.74, 6) is 0.243. The Morgan fingerprint density at radius 3 is 3.00 bits per heavy atom. The van der Waals surface area contributed by atoms with Crippen LogP contribution in [0.1, 0.15) is 36.3 Å². The second kappa shape index (κ2) is 5.36. The van der Waals surface area contributed by atoms with Crippen molar-refractivity contribution in [2.75, 3.05) is 18.4 Å². The molecule has 1 fully saturated rings. The number of nitrogens with zero attached hydrogens (tertiary/aromatic N) is 1. The van der Waals surface area contributed by atoms with E-state index >= 15 is 0 Å². The lowest BCUT2D eigenvalue weighted by Crippen LogP contribution is -2.37. The maximum Gasteiger partial charge on any atom is 0.230 e. The second-order valence-electron chi connectivity index (χ2n) is 5.13. The number of hydrogen-bond acceptors (Lipinski definition) is 4. The van der Waals surface area contributed by atoms with Crippen LogP contribution in [0.5, 0.6) is 0 Å². The van der Waals surface area contributed by atoms with Crippen LogP contribution in [0.2, 0.25) is 0 Å².